The van der Waals surface area contributed by atoms with E-state index in [1.54, 1.807) is 16.4 Å². The normalized spacial score (nSPS) is 10.7. The quantitative estimate of drug-likeness (QED) is 0.620. The van der Waals surface area contributed by atoms with Crippen LogP contribution < -0.4 is 0 Å². The van der Waals surface area contributed by atoms with Gasteiger partial charge in [0.2, 0.25) is 5.78 Å². The van der Waals surface area contributed by atoms with Crippen LogP contribution in [0.5, 0.6) is 0 Å². The van der Waals surface area contributed by atoms with E-state index >= 15 is 0 Å². The number of rotatable bonds is 5. The predicted octanol–water partition coefficient (Wildman–Crippen LogP) is 3.90. The number of hydrogen-bond donors (Lipinski definition) is 0. The molecule has 0 saturated heterocycles. The number of aromatic nitrogens is 2. The van der Waals surface area contributed by atoms with Crippen LogP contribution in [-0.2, 0) is 6.54 Å². The summed E-state index contributed by atoms with van der Waals surface area (Å²) in [5.74, 6) is 0.930. The Morgan fingerprint density at radius 2 is 2.00 bits per heavy atom. The van der Waals surface area contributed by atoms with Crippen molar-refractivity contribution in [2.45, 2.75) is 25.3 Å². The maximum Gasteiger partial charge on any atom is 0.212 e. The summed E-state index contributed by atoms with van der Waals surface area (Å²) >= 11 is 7.79. The van der Waals surface area contributed by atoms with Gasteiger partial charge < -0.3 is 0 Å². The molecule has 0 spiro atoms. The van der Waals surface area contributed by atoms with Gasteiger partial charge in [-0.1, -0.05) is 18.5 Å². The minimum Gasteiger partial charge on any atom is -0.287 e. The summed E-state index contributed by atoms with van der Waals surface area (Å²) in [4.78, 5) is 13.6. The van der Waals surface area contributed by atoms with Crippen LogP contribution in [0.15, 0.2) is 35.4 Å². The van der Waals surface area contributed by atoms with Gasteiger partial charge >= 0.3 is 0 Å². The van der Waals surface area contributed by atoms with E-state index < -0.39 is 0 Å². The molecule has 0 unspecified atom stereocenters. The van der Waals surface area contributed by atoms with Crippen molar-refractivity contribution in [1.29, 1.82) is 0 Å². The van der Waals surface area contributed by atoms with Crippen LogP contribution in [0, 0.1) is 0 Å². The first-order valence-electron chi connectivity index (χ1n) is 6.16. The molecular formula is C14H15ClN2OS. The summed E-state index contributed by atoms with van der Waals surface area (Å²) in [5.41, 5.74) is 1.10. The number of halogens is 1. The fourth-order valence-corrected chi connectivity index (χ4v) is 2.72. The minimum atomic E-state index is -0.0857. The molecule has 0 N–H and O–H groups in total. The molecule has 1 heterocycles. The third-order valence-corrected chi connectivity index (χ3v) is 3.91. The number of hydrogen-bond acceptors (Lipinski definition) is 3. The van der Waals surface area contributed by atoms with Crippen LogP contribution >= 0.6 is 23.4 Å². The maximum absolute atomic E-state index is 12.4. The lowest BCUT2D eigenvalue weighted by molar-refractivity contribution is 0.102. The fourth-order valence-electron chi connectivity index (χ4n) is 1.83. The Labute approximate surface area is 122 Å². The molecule has 0 amide bonds. The fraction of sp³-hybridized carbons (Fsp3) is 0.286. The van der Waals surface area contributed by atoms with E-state index in [1.165, 1.54) is 6.20 Å². The molecule has 100 valence electrons. The average molecular weight is 295 g/mol. The summed E-state index contributed by atoms with van der Waals surface area (Å²) in [5, 5.41) is 4.49. The Bertz CT molecular complexity index is 578. The van der Waals surface area contributed by atoms with Crippen LogP contribution in [0.25, 0.3) is 0 Å². The van der Waals surface area contributed by atoms with Gasteiger partial charge in [0.05, 0.1) is 11.2 Å². The third kappa shape index (κ3) is 3.01. The number of carbonyl (C=O) groups is 1. The van der Waals surface area contributed by atoms with Gasteiger partial charge in [0.1, 0.15) is 5.69 Å². The molecule has 5 heteroatoms. The zero-order valence-corrected chi connectivity index (χ0v) is 12.5. The number of thioether (sulfide) groups is 1. The molecule has 0 atom stereocenters. The van der Waals surface area contributed by atoms with Gasteiger partial charge in [-0.3, -0.25) is 9.48 Å². The second-order valence-electron chi connectivity index (χ2n) is 3.94. The van der Waals surface area contributed by atoms with Crippen molar-refractivity contribution in [1.82, 2.24) is 9.78 Å². The van der Waals surface area contributed by atoms with Gasteiger partial charge in [0.15, 0.2) is 0 Å². The van der Waals surface area contributed by atoms with Crippen molar-refractivity contribution in [3.8, 4) is 0 Å². The molecule has 3 nitrogen and oxygen atoms in total. The van der Waals surface area contributed by atoms with Crippen molar-refractivity contribution in [3.63, 3.8) is 0 Å². The van der Waals surface area contributed by atoms with E-state index in [9.17, 15) is 4.79 Å². The second-order valence-corrected chi connectivity index (χ2v) is 5.69. The number of nitrogens with zero attached hydrogens (tertiary/aromatic N) is 2. The molecule has 0 bridgehead atoms. The summed E-state index contributed by atoms with van der Waals surface area (Å²) in [7, 11) is 0. The minimum absolute atomic E-state index is 0.0857. The highest BCUT2D eigenvalue weighted by molar-refractivity contribution is 7.99. The first-order valence-corrected chi connectivity index (χ1v) is 7.52. The Hall–Kier alpha value is -1.26. The van der Waals surface area contributed by atoms with Crippen molar-refractivity contribution in [2.24, 2.45) is 0 Å². The third-order valence-electron chi connectivity index (χ3n) is 2.74. The van der Waals surface area contributed by atoms with Crippen molar-refractivity contribution in [3.05, 3.63) is 46.7 Å². The van der Waals surface area contributed by atoms with E-state index in [0.29, 0.717) is 22.8 Å². The van der Waals surface area contributed by atoms with Gasteiger partial charge in [-0.25, -0.2) is 0 Å². The van der Waals surface area contributed by atoms with E-state index in [4.69, 9.17) is 11.6 Å². The van der Waals surface area contributed by atoms with E-state index in [-0.39, 0.29) is 5.78 Å². The molecule has 2 rings (SSSR count). The molecule has 0 aliphatic heterocycles. The van der Waals surface area contributed by atoms with Crippen molar-refractivity contribution >= 4 is 29.1 Å². The lowest BCUT2D eigenvalue weighted by Gasteiger charge is -2.05. The summed E-state index contributed by atoms with van der Waals surface area (Å²) in [6.45, 7) is 4.65. The molecule has 0 aliphatic rings. The van der Waals surface area contributed by atoms with E-state index in [2.05, 4.69) is 12.0 Å². The van der Waals surface area contributed by atoms with Crippen molar-refractivity contribution in [2.75, 3.05) is 5.75 Å². The molecule has 0 fully saturated rings. The van der Waals surface area contributed by atoms with Gasteiger partial charge in [0.25, 0.3) is 0 Å². The molecule has 19 heavy (non-hydrogen) atoms. The Kier molecular flexibility index (Phi) is 4.66. The molecule has 1 aromatic heterocycles. The molecule has 0 aliphatic carbocycles. The zero-order valence-electron chi connectivity index (χ0n) is 10.9. The summed E-state index contributed by atoms with van der Waals surface area (Å²) in [6, 6.07) is 7.59. The smallest absolute Gasteiger partial charge is 0.212 e. The Morgan fingerprint density at radius 3 is 2.58 bits per heavy atom. The summed E-state index contributed by atoms with van der Waals surface area (Å²) in [6.07, 6.45) is 1.51. The molecule has 0 saturated carbocycles. The first-order chi connectivity index (χ1) is 9.17. The predicted molar refractivity (Wildman–Crippen MR) is 79.2 cm³/mol. The molecule has 0 radical (unpaired) electrons. The molecular weight excluding hydrogens is 280 g/mol. The highest BCUT2D eigenvalue weighted by Crippen LogP contribution is 2.22. The second kappa shape index (κ2) is 6.26. The number of ketones is 1. The van der Waals surface area contributed by atoms with Gasteiger partial charge in [-0.15, -0.1) is 11.8 Å². The Balaban J connectivity index is 2.30. The van der Waals surface area contributed by atoms with E-state index in [1.807, 2.05) is 31.2 Å². The lowest BCUT2D eigenvalue weighted by atomic mass is 10.1. The van der Waals surface area contributed by atoms with Crippen LogP contribution in [0.4, 0.5) is 0 Å². The number of aryl methyl sites for hydroxylation is 1. The summed E-state index contributed by atoms with van der Waals surface area (Å²) < 4.78 is 1.62. The topological polar surface area (TPSA) is 34.9 Å². The van der Waals surface area contributed by atoms with Crippen LogP contribution in [0.2, 0.25) is 5.02 Å². The zero-order chi connectivity index (χ0) is 13.8. The lowest BCUT2D eigenvalue weighted by Crippen LogP contribution is -2.11. The van der Waals surface area contributed by atoms with Crippen LogP contribution in [0.1, 0.15) is 29.9 Å². The number of carbonyl (C=O) groups excluding carboxylic acids is 1. The van der Waals surface area contributed by atoms with Gasteiger partial charge in [-0.05, 0) is 36.9 Å². The highest BCUT2D eigenvalue weighted by atomic mass is 35.5. The monoisotopic (exact) mass is 294 g/mol. The molecule has 2 aromatic rings. The molecule has 1 aromatic carbocycles. The Morgan fingerprint density at radius 1 is 1.32 bits per heavy atom. The standard InChI is InChI=1S/C14H15ClN2OS/c1-3-17-13(12(15)9-16-17)14(18)10-5-7-11(8-6-10)19-4-2/h5-9H,3-4H2,1-2H3. The maximum atomic E-state index is 12.4. The van der Waals surface area contributed by atoms with E-state index in [0.717, 1.165) is 10.6 Å². The largest absolute Gasteiger partial charge is 0.287 e. The first kappa shape index (κ1) is 14.2. The van der Waals surface area contributed by atoms with Crippen LogP contribution in [-0.4, -0.2) is 21.3 Å². The van der Waals surface area contributed by atoms with Crippen molar-refractivity contribution < 1.29 is 4.79 Å². The van der Waals surface area contributed by atoms with Gasteiger partial charge in [-0.2, -0.15) is 5.10 Å². The van der Waals surface area contributed by atoms with Crippen LogP contribution in [0.3, 0.4) is 0 Å². The SMILES string of the molecule is CCSc1ccc(C(=O)c2c(Cl)cnn2CC)cc1. The average Bonchev–Trinajstić information content (AvgIpc) is 2.80. The van der Waals surface area contributed by atoms with Gasteiger partial charge in [0, 0.05) is 17.0 Å². The number of benzene rings is 1. The highest BCUT2D eigenvalue weighted by Gasteiger charge is 2.18.